The number of furan rings is 1. The first-order valence-electron chi connectivity index (χ1n) is 11.1. The molecule has 1 saturated carbocycles. The minimum atomic E-state index is 0. The third kappa shape index (κ3) is 5.47. The van der Waals surface area contributed by atoms with E-state index in [1.807, 2.05) is 6.92 Å². The molecule has 3 aliphatic rings. The van der Waals surface area contributed by atoms with E-state index in [9.17, 15) is 0 Å². The van der Waals surface area contributed by atoms with Crippen LogP contribution in [-0.4, -0.2) is 68.2 Å². The highest BCUT2D eigenvalue weighted by molar-refractivity contribution is 14.0. The van der Waals surface area contributed by atoms with Crippen LogP contribution in [0.15, 0.2) is 21.5 Å². The molecule has 3 fully saturated rings. The molecule has 1 spiro atoms. The van der Waals surface area contributed by atoms with Crippen LogP contribution in [0.5, 0.6) is 0 Å². The summed E-state index contributed by atoms with van der Waals surface area (Å²) in [6.45, 7) is 11.5. The van der Waals surface area contributed by atoms with Crippen molar-refractivity contribution in [1.29, 1.82) is 0 Å². The largest absolute Gasteiger partial charge is 0.465 e. The molecule has 1 aromatic heterocycles. The minimum Gasteiger partial charge on any atom is -0.465 e. The van der Waals surface area contributed by atoms with Gasteiger partial charge in [-0.25, -0.2) is 0 Å². The van der Waals surface area contributed by atoms with Crippen molar-refractivity contribution in [3.05, 3.63) is 23.7 Å². The van der Waals surface area contributed by atoms with Gasteiger partial charge in [-0.15, -0.1) is 24.0 Å². The van der Waals surface area contributed by atoms with Crippen LogP contribution in [0.4, 0.5) is 0 Å². The summed E-state index contributed by atoms with van der Waals surface area (Å²) >= 11 is 0. The van der Waals surface area contributed by atoms with Gasteiger partial charge in [0.05, 0.1) is 25.8 Å². The maximum Gasteiger partial charge on any atom is 0.194 e. The fourth-order valence-corrected chi connectivity index (χ4v) is 5.15. The summed E-state index contributed by atoms with van der Waals surface area (Å²) in [6.07, 6.45) is 6.91. The van der Waals surface area contributed by atoms with Gasteiger partial charge >= 0.3 is 0 Å². The molecule has 0 bridgehead atoms. The lowest BCUT2D eigenvalue weighted by Crippen LogP contribution is -2.43. The first-order valence-corrected chi connectivity index (χ1v) is 11.1. The predicted molar refractivity (Wildman–Crippen MR) is 127 cm³/mol. The first-order chi connectivity index (χ1) is 13.7. The third-order valence-electron chi connectivity index (χ3n) is 6.73. The average molecular weight is 516 g/mol. The molecule has 164 valence electrons. The van der Waals surface area contributed by atoms with Gasteiger partial charge < -0.3 is 19.4 Å². The molecule has 1 aliphatic carbocycles. The molecule has 1 N–H and O–H groups in total. The van der Waals surface area contributed by atoms with E-state index in [1.165, 1.54) is 38.6 Å². The van der Waals surface area contributed by atoms with Gasteiger partial charge in [0.2, 0.25) is 0 Å². The number of hydrogen-bond donors (Lipinski definition) is 1. The van der Waals surface area contributed by atoms with Crippen LogP contribution in [0.3, 0.4) is 0 Å². The molecule has 0 radical (unpaired) electrons. The Morgan fingerprint density at radius 1 is 1.17 bits per heavy atom. The molecule has 0 amide bonds. The van der Waals surface area contributed by atoms with E-state index < -0.39 is 0 Å². The molecule has 6 nitrogen and oxygen atoms in total. The number of rotatable bonds is 5. The van der Waals surface area contributed by atoms with Crippen molar-refractivity contribution in [3.63, 3.8) is 0 Å². The summed E-state index contributed by atoms with van der Waals surface area (Å²) in [6, 6.07) is 4.35. The van der Waals surface area contributed by atoms with E-state index in [2.05, 4.69) is 34.2 Å². The van der Waals surface area contributed by atoms with Crippen LogP contribution in [0.25, 0.3) is 0 Å². The second-order valence-electron chi connectivity index (χ2n) is 8.69. The Balaban J connectivity index is 0.00000240. The number of likely N-dealkylation sites (tertiary alicyclic amines) is 1. The molecule has 3 heterocycles. The standard InChI is InChI=1S/C22H36N4O2.HI/c1-3-23-21(26-11-10-22(17-26)8-4-5-9-22)24-16-19(20-7-6-18(2)28-20)25-12-14-27-15-13-25;/h6-7,19H,3-5,8-17H2,1-2H3,(H,23,24);1H. The molecule has 2 saturated heterocycles. The Kier molecular flexibility index (Phi) is 8.27. The number of halogens is 1. The Bertz CT molecular complexity index is 666. The lowest BCUT2D eigenvalue weighted by atomic mass is 9.86. The number of ether oxygens (including phenoxy) is 1. The van der Waals surface area contributed by atoms with Crippen molar-refractivity contribution < 1.29 is 9.15 Å². The predicted octanol–water partition coefficient (Wildman–Crippen LogP) is 3.81. The molecule has 1 atom stereocenters. The van der Waals surface area contributed by atoms with Crippen LogP contribution in [0.2, 0.25) is 0 Å². The second-order valence-corrected chi connectivity index (χ2v) is 8.69. The van der Waals surface area contributed by atoms with Crippen molar-refractivity contribution in [3.8, 4) is 0 Å². The highest BCUT2D eigenvalue weighted by Gasteiger charge is 2.41. The third-order valence-corrected chi connectivity index (χ3v) is 6.73. The number of aliphatic imine (C=N–C) groups is 1. The summed E-state index contributed by atoms with van der Waals surface area (Å²) in [4.78, 5) is 10.1. The highest BCUT2D eigenvalue weighted by atomic mass is 127. The van der Waals surface area contributed by atoms with E-state index in [1.54, 1.807) is 0 Å². The normalized spacial score (nSPS) is 23.4. The summed E-state index contributed by atoms with van der Waals surface area (Å²) in [5.41, 5.74) is 0.553. The number of nitrogens with zero attached hydrogens (tertiary/aromatic N) is 3. The smallest absolute Gasteiger partial charge is 0.194 e. The van der Waals surface area contributed by atoms with E-state index in [0.29, 0.717) is 5.41 Å². The van der Waals surface area contributed by atoms with Crippen molar-refractivity contribution in [2.75, 3.05) is 52.5 Å². The lowest BCUT2D eigenvalue weighted by Gasteiger charge is -2.33. The summed E-state index contributed by atoms with van der Waals surface area (Å²) in [5.74, 6) is 3.06. The maximum atomic E-state index is 6.01. The second kappa shape index (κ2) is 10.5. The van der Waals surface area contributed by atoms with Gasteiger partial charge in [0.25, 0.3) is 0 Å². The first kappa shape index (κ1) is 22.9. The highest BCUT2D eigenvalue weighted by Crippen LogP contribution is 2.45. The topological polar surface area (TPSA) is 53.2 Å². The Labute approximate surface area is 192 Å². The lowest BCUT2D eigenvalue weighted by molar-refractivity contribution is 0.0135. The van der Waals surface area contributed by atoms with Crippen LogP contribution in [0, 0.1) is 12.3 Å². The molecule has 29 heavy (non-hydrogen) atoms. The van der Waals surface area contributed by atoms with Crippen LogP contribution < -0.4 is 5.32 Å². The number of morpholine rings is 1. The minimum absolute atomic E-state index is 0. The quantitative estimate of drug-likeness (QED) is 0.367. The molecule has 7 heteroatoms. The van der Waals surface area contributed by atoms with Gasteiger partial charge in [0.15, 0.2) is 5.96 Å². The number of aryl methyl sites for hydroxylation is 1. The maximum absolute atomic E-state index is 6.01. The average Bonchev–Trinajstić information content (AvgIpc) is 3.45. The van der Waals surface area contributed by atoms with Gasteiger partial charge in [-0.3, -0.25) is 9.89 Å². The Morgan fingerprint density at radius 3 is 2.59 bits per heavy atom. The molecule has 4 rings (SSSR count). The summed E-state index contributed by atoms with van der Waals surface area (Å²) in [5, 5.41) is 3.55. The Morgan fingerprint density at radius 2 is 1.93 bits per heavy atom. The number of guanidine groups is 1. The van der Waals surface area contributed by atoms with Gasteiger partial charge in [0, 0.05) is 32.7 Å². The van der Waals surface area contributed by atoms with E-state index in [4.69, 9.17) is 14.1 Å². The van der Waals surface area contributed by atoms with Crippen molar-refractivity contribution in [2.24, 2.45) is 10.4 Å². The fraction of sp³-hybridized carbons (Fsp3) is 0.773. The SMILES string of the molecule is CCNC(=NCC(c1ccc(C)o1)N1CCOCC1)N1CCC2(CCCC2)C1.I. The molecule has 2 aliphatic heterocycles. The Hall–Kier alpha value is -0.800. The van der Waals surface area contributed by atoms with E-state index >= 15 is 0 Å². The zero-order chi connectivity index (χ0) is 19.4. The molecule has 0 aromatic carbocycles. The van der Waals surface area contributed by atoms with Gasteiger partial charge in [-0.2, -0.15) is 0 Å². The van der Waals surface area contributed by atoms with Crippen LogP contribution in [0.1, 0.15) is 56.6 Å². The van der Waals surface area contributed by atoms with E-state index in [0.717, 1.165) is 63.4 Å². The van der Waals surface area contributed by atoms with Crippen molar-refractivity contribution in [1.82, 2.24) is 15.1 Å². The monoisotopic (exact) mass is 516 g/mol. The van der Waals surface area contributed by atoms with Gasteiger partial charge in [-0.1, -0.05) is 12.8 Å². The molecular weight excluding hydrogens is 479 g/mol. The van der Waals surface area contributed by atoms with E-state index in [-0.39, 0.29) is 30.0 Å². The van der Waals surface area contributed by atoms with Crippen LogP contribution >= 0.6 is 24.0 Å². The fourth-order valence-electron chi connectivity index (χ4n) is 5.15. The van der Waals surface area contributed by atoms with Gasteiger partial charge in [-0.05, 0) is 50.7 Å². The molecule has 1 aromatic rings. The van der Waals surface area contributed by atoms with Crippen LogP contribution in [-0.2, 0) is 4.74 Å². The van der Waals surface area contributed by atoms with Crippen molar-refractivity contribution in [2.45, 2.75) is 52.0 Å². The zero-order valence-electron chi connectivity index (χ0n) is 18.0. The molecular formula is C22H37IN4O2. The number of nitrogens with one attached hydrogen (secondary N) is 1. The van der Waals surface area contributed by atoms with Gasteiger partial charge in [0.1, 0.15) is 11.5 Å². The zero-order valence-corrected chi connectivity index (χ0v) is 20.3. The van der Waals surface area contributed by atoms with Crippen molar-refractivity contribution >= 4 is 29.9 Å². The number of hydrogen-bond acceptors (Lipinski definition) is 4. The summed E-state index contributed by atoms with van der Waals surface area (Å²) in [7, 11) is 0. The molecule has 1 unspecified atom stereocenters. The summed E-state index contributed by atoms with van der Waals surface area (Å²) < 4.78 is 11.6.